The van der Waals surface area contributed by atoms with Gasteiger partial charge in [0, 0.05) is 17.5 Å². The van der Waals surface area contributed by atoms with E-state index >= 15 is 0 Å². The smallest absolute Gasteiger partial charge is 0.241 e. The van der Waals surface area contributed by atoms with Crippen LogP contribution in [0.1, 0.15) is 37.0 Å². The van der Waals surface area contributed by atoms with Gasteiger partial charge in [-0.05, 0) is 38.8 Å². The minimum absolute atomic E-state index is 0.0138. The second-order valence-corrected chi connectivity index (χ2v) is 4.42. The molecule has 3 nitrogen and oxygen atoms in total. The molecule has 0 N–H and O–H groups in total. The molecular formula is C15H15NO2. The average Bonchev–Trinajstić information content (AvgIpc) is 3.19. The van der Waals surface area contributed by atoms with E-state index in [4.69, 9.17) is 0 Å². The summed E-state index contributed by atoms with van der Waals surface area (Å²) in [6.07, 6.45) is 1.88. The van der Waals surface area contributed by atoms with E-state index in [1.165, 1.54) is 11.8 Å². The average molecular weight is 241 g/mol. The molecule has 1 aliphatic carbocycles. The fourth-order valence-corrected chi connectivity index (χ4v) is 1.74. The number of carbonyl (C=O) groups is 2. The van der Waals surface area contributed by atoms with Crippen LogP contribution in [0.25, 0.3) is 0 Å². The lowest BCUT2D eigenvalue weighted by Gasteiger charge is -2.16. The van der Waals surface area contributed by atoms with Crippen LogP contribution in [0.2, 0.25) is 0 Å². The molecule has 1 aromatic carbocycles. The van der Waals surface area contributed by atoms with Crippen molar-refractivity contribution in [1.29, 1.82) is 0 Å². The fourth-order valence-electron chi connectivity index (χ4n) is 1.74. The lowest BCUT2D eigenvalue weighted by Crippen LogP contribution is -2.27. The number of rotatable bonds is 3. The van der Waals surface area contributed by atoms with Crippen molar-refractivity contribution >= 4 is 17.4 Å². The molecule has 1 amide bonds. The van der Waals surface area contributed by atoms with Crippen molar-refractivity contribution in [2.75, 3.05) is 4.90 Å². The van der Waals surface area contributed by atoms with E-state index in [1.807, 2.05) is 0 Å². The van der Waals surface area contributed by atoms with Gasteiger partial charge in [0.05, 0.1) is 5.69 Å². The van der Waals surface area contributed by atoms with Crippen LogP contribution in [0.4, 0.5) is 5.69 Å². The van der Waals surface area contributed by atoms with E-state index in [2.05, 4.69) is 12.0 Å². The topological polar surface area (TPSA) is 37.4 Å². The van der Waals surface area contributed by atoms with Gasteiger partial charge in [-0.3, -0.25) is 9.59 Å². The van der Waals surface area contributed by atoms with Gasteiger partial charge in [0.2, 0.25) is 5.91 Å². The van der Waals surface area contributed by atoms with Gasteiger partial charge >= 0.3 is 0 Å². The summed E-state index contributed by atoms with van der Waals surface area (Å²) in [5, 5.41) is 0. The predicted molar refractivity (Wildman–Crippen MR) is 70.1 cm³/mol. The number of ketones is 1. The molecule has 92 valence electrons. The first-order valence-electron chi connectivity index (χ1n) is 6.01. The third kappa shape index (κ3) is 2.60. The molecule has 0 radical (unpaired) electrons. The van der Waals surface area contributed by atoms with E-state index in [1.54, 1.807) is 31.2 Å². The third-order valence-corrected chi connectivity index (χ3v) is 2.88. The van der Waals surface area contributed by atoms with Gasteiger partial charge in [0.15, 0.2) is 5.78 Å². The molecule has 0 bridgehead atoms. The highest BCUT2D eigenvalue weighted by molar-refractivity contribution is 6.01. The quantitative estimate of drug-likeness (QED) is 0.463. The Kier molecular flexibility index (Phi) is 3.47. The van der Waals surface area contributed by atoms with Crippen molar-refractivity contribution in [3.8, 4) is 12.0 Å². The van der Waals surface area contributed by atoms with E-state index < -0.39 is 0 Å². The zero-order valence-corrected chi connectivity index (χ0v) is 10.6. The number of carbonyl (C=O) groups excluding carboxylic acids is 2. The number of nitrogens with zero attached hydrogens (tertiary/aromatic N) is 1. The summed E-state index contributed by atoms with van der Waals surface area (Å²) >= 11 is 0. The molecule has 0 spiro atoms. The molecule has 1 saturated carbocycles. The van der Waals surface area contributed by atoms with E-state index in [9.17, 15) is 9.59 Å². The lowest BCUT2D eigenvalue weighted by atomic mass is 10.1. The van der Waals surface area contributed by atoms with Crippen molar-refractivity contribution in [3.05, 3.63) is 29.8 Å². The van der Waals surface area contributed by atoms with Crippen LogP contribution in [-0.4, -0.2) is 11.7 Å². The fraction of sp³-hybridized carbons (Fsp3) is 0.333. The van der Waals surface area contributed by atoms with E-state index in [-0.39, 0.29) is 17.6 Å². The molecule has 3 heteroatoms. The normalized spacial score (nSPS) is 13.4. The summed E-state index contributed by atoms with van der Waals surface area (Å²) in [6.45, 7) is 3.21. The Balaban J connectivity index is 2.34. The number of Topliss-reactive ketones (excluding diaryl/α,β-unsaturated/α-hetero) is 1. The Hall–Kier alpha value is -2.08. The number of hydrogen-bond donors (Lipinski definition) is 0. The Morgan fingerprint density at radius 2 is 2.06 bits per heavy atom. The largest absolute Gasteiger partial charge is 0.295 e. The van der Waals surface area contributed by atoms with Gasteiger partial charge in [0.25, 0.3) is 0 Å². The highest BCUT2D eigenvalue weighted by Crippen LogP contribution is 2.32. The monoisotopic (exact) mass is 241 g/mol. The second-order valence-electron chi connectivity index (χ2n) is 4.42. The van der Waals surface area contributed by atoms with Crippen LogP contribution in [0.5, 0.6) is 0 Å². The van der Waals surface area contributed by atoms with E-state index in [0.29, 0.717) is 11.3 Å². The van der Waals surface area contributed by atoms with Crippen LogP contribution in [0.15, 0.2) is 24.3 Å². The van der Waals surface area contributed by atoms with Gasteiger partial charge < -0.3 is 0 Å². The summed E-state index contributed by atoms with van der Waals surface area (Å²) in [6, 6.07) is 9.84. The molecular weight excluding hydrogens is 226 g/mol. The third-order valence-electron chi connectivity index (χ3n) is 2.88. The molecule has 1 aromatic rings. The standard InChI is InChI=1S/C15H15NO2/c1-3-9-16(15(18)12-7-8-12)14-6-4-5-13(10-14)11(2)17/h4-6,10,12H,7-8H2,1-2H3. The first kappa shape index (κ1) is 12.4. The van der Waals surface area contributed by atoms with Crippen LogP contribution < -0.4 is 4.90 Å². The van der Waals surface area contributed by atoms with Gasteiger partial charge in [-0.15, -0.1) is 0 Å². The number of benzene rings is 1. The van der Waals surface area contributed by atoms with Gasteiger partial charge in [0.1, 0.15) is 0 Å². The van der Waals surface area contributed by atoms with E-state index in [0.717, 1.165) is 12.8 Å². The molecule has 0 heterocycles. The molecule has 2 rings (SSSR count). The Labute approximate surface area is 107 Å². The highest BCUT2D eigenvalue weighted by Gasteiger charge is 2.33. The number of anilines is 1. The SMILES string of the molecule is CC#CN(C(=O)C1CC1)c1cccc(C(C)=O)c1. The molecule has 0 unspecified atom stereocenters. The number of amides is 1. The maximum absolute atomic E-state index is 12.1. The Morgan fingerprint density at radius 3 is 2.61 bits per heavy atom. The summed E-state index contributed by atoms with van der Waals surface area (Å²) < 4.78 is 0. The first-order valence-corrected chi connectivity index (χ1v) is 6.01. The van der Waals surface area contributed by atoms with Crippen molar-refractivity contribution in [2.24, 2.45) is 5.92 Å². The number of hydrogen-bond acceptors (Lipinski definition) is 2. The van der Waals surface area contributed by atoms with Crippen molar-refractivity contribution in [3.63, 3.8) is 0 Å². The minimum atomic E-state index is -0.0138. The maximum atomic E-state index is 12.1. The van der Waals surface area contributed by atoms with Crippen molar-refractivity contribution in [1.82, 2.24) is 0 Å². The summed E-state index contributed by atoms with van der Waals surface area (Å²) in [7, 11) is 0. The summed E-state index contributed by atoms with van der Waals surface area (Å²) in [5.74, 6) is 2.87. The minimum Gasteiger partial charge on any atom is -0.295 e. The first-order chi connectivity index (χ1) is 8.63. The van der Waals surface area contributed by atoms with Gasteiger partial charge in [-0.2, -0.15) is 0 Å². The summed E-state index contributed by atoms with van der Waals surface area (Å²) in [5.41, 5.74) is 1.27. The van der Waals surface area contributed by atoms with Crippen molar-refractivity contribution in [2.45, 2.75) is 26.7 Å². The summed E-state index contributed by atoms with van der Waals surface area (Å²) in [4.78, 5) is 24.9. The van der Waals surface area contributed by atoms with Crippen LogP contribution in [0, 0.1) is 17.9 Å². The maximum Gasteiger partial charge on any atom is 0.241 e. The van der Waals surface area contributed by atoms with Gasteiger partial charge in [-0.1, -0.05) is 18.1 Å². The zero-order chi connectivity index (χ0) is 13.1. The molecule has 1 aliphatic rings. The molecule has 18 heavy (non-hydrogen) atoms. The van der Waals surface area contributed by atoms with Gasteiger partial charge in [-0.25, -0.2) is 4.90 Å². The van der Waals surface area contributed by atoms with Crippen LogP contribution in [0.3, 0.4) is 0 Å². The highest BCUT2D eigenvalue weighted by atomic mass is 16.2. The zero-order valence-electron chi connectivity index (χ0n) is 10.6. The van der Waals surface area contributed by atoms with Crippen LogP contribution in [-0.2, 0) is 4.79 Å². The van der Waals surface area contributed by atoms with Crippen molar-refractivity contribution < 1.29 is 9.59 Å². The Morgan fingerprint density at radius 1 is 1.33 bits per heavy atom. The Bertz CT molecular complexity index is 547. The lowest BCUT2D eigenvalue weighted by molar-refractivity contribution is -0.119. The molecule has 1 fully saturated rings. The molecule has 0 saturated heterocycles. The second kappa shape index (κ2) is 5.05. The molecule has 0 aliphatic heterocycles. The molecule has 0 aromatic heterocycles. The predicted octanol–water partition coefficient (Wildman–Crippen LogP) is 2.61. The van der Waals surface area contributed by atoms with Crippen LogP contribution >= 0.6 is 0 Å². The molecule has 0 atom stereocenters.